The van der Waals surface area contributed by atoms with Crippen molar-refractivity contribution in [1.29, 1.82) is 0 Å². The van der Waals surface area contributed by atoms with Gasteiger partial charge in [-0.2, -0.15) is 0 Å². The highest BCUT2D eigenvalue weighted by Crippen LogP contribution is 2.21. The molecule has 0 amide bonds. The van der Waals surface area contributed by atoms with E-state index in [-0.39, 0.29) is 11.5 Å². The number of ketones is 1. The summed E-state index contributed by atoms with van der Waals surface area (Å²) in [5.41, 5.74) is 1.15. The molecule has 1 fully saturated rings. The van der Waals surface area contributed by atoms with Crippen molar-refractivity contribution in [2.45, 2.75) is 19.8 Å². The molecular weight excluding hydrogens is 270 g/mol. The first-order valence-electron chi connectivity index (χ1n) is 7.35. The fourth-order valence-corrected chi connectivity index (χ4v) is 2.54. The summed E-state index contributed by atoms with van der Waals surface area (Å²) in [7, 11) is 0. The lowest BCUT2D eigenvalue weighted by atomic mass is 10.0. The minimum atomic E-state index is -0.411. The number of benzene rings is 1. The van der Waals surface area contributed by atoms with Crippen LogP contribution in [0.2, 0.25) is 0 Å². The summed E-state index contributed by atoms with van der Waals surface area (Å²) in [6.07, 6.45) is 0.994. The highest BCUT2D eigenvalue weighted by Gasteiger charge is 2.17. The Hall–Kier alpha value is -1.79. The van der Waals surface area contributed by atoms with E-state index in [9.17, 15) is 14.9 Å². The van der Waals surface area contributed by atoms with Crippen LogP contribution in [0.1, 0.15) is 29.3 Å². The van der Waals surface area contributed by atoms with E-state index >= 15 is 0 Å². The average molecular weight is 291 g/mol. The van der Waals surface area contributed by atoms with Gasteiger partial charge in [-0.1, -0.05) is 19.1 Å². The van der Waals surface area contributed by atoms with Crippen molar-refractivity contribution >= 4 is 11.5 Å². The molecule has 1 aromatic carbocycles. The van der Waals surface area contributed by atoms with E-state index in [4.69, 9.17) is 0 Å². The number of Topliss-reactive ketones (excluding diaryl/α,β-unsaturated/α-hetero) is 1. The summed E-state index contributed by atoms with van der Waals surface area (Å²) in [6, 6.07) is 4.81. The van der Waals surface area contributed by atoms with Gasteiger partial charge in [-0.25, -0.2) is 0 Å². The van der Waals surface area contributed by atoms with Crippen molar-refractivity contribution < 1.29 is 9.72 Å². The van der Waals surface area contributed by atoms with E-state index in [1.807, 2.05) is 6.92 Å². The summed E-state index contributed by atoms with van der Waals surface area (Å²) in [5.74, 6) is -0.0284. The Morgan fingerprint density at radius 2 is 2.10 bits per heavy atom. The molecule has 1 N–H and O–H groups in total. The van der Waals surface area contributed by atoms with E-state index in [0.717, 1.165) is 26.2 Å². The third-order valence-electron chi connectivity index (χ3n) is 3.85. The molecular formula is C15H21N3O3. The highest BCUT2D eigenvalue weighted by atomic mass is 16.6. The zero-order valence-corrected chi connectivity index (χ0v) is 12.3. The second kappa shape index (κ2) is 7.28. The van der Waals surface area contributed by atoms with Crippen LogP contribution in [-0.4, -0.2) is 48.3 Å². The van der Waals surface area contributed by atoms with Crippen LogP contribution in [0, 0.1) is 10.1 Å². The fraction of sp³-hybridized carbons (Fsp3) is 0.533. The minimum absolute atomic E-state index is 0.0284. The van der Waals surface area contributed by atoms with E-state index in [1.165, 1.54) is 6.07 Å². The molecule has 0 radical (unpaired) electrons. The number of piperazine rings is 1. The zero-order valence-electron chi connectivity index (χ0n) is 12.3. The van der Waals surface area contributed by atoms with Gasteiger partial charge in [-0.15, -0.1) is 0 Å². The number of rotatable bonds is 6. The van der Waals surface area contributed by atoms with Gasteiger partial charge >= 0.3 is 0 Å². The van der Waals surface area contributed by atoms with E-state index in [0.29, 0.717) is 30.5 Å². The monoisotopic (exact) mass is 291 g/mol. The van der Waals surface area contributed by atoms with Gasteiger partial charge in [-0.3, -0.25) is 14.9 Å². The number of carbonyl (C=O) groups excluding carboxylic acids is 1. The number of hydrogen-bond acceptors (Lipinski definition) is 5. The Balaban J connectivity index is 2.01. The van der Waals surface area contributed by atoms with Gasteiger partial charge in [0.15, 0.2) is 5.78 Å². The van der Waals surface area contributed by atoms with E-state index in [2.05, 4.69) is 10.2 Å². The lowest BCUT2D eigenvalue weighted by Gasteiger charge is -2.26. The predicted molar refractivity (Wildman–Crippen MR) is 80.7 cm³/mol. The van der Waals surface area contributed by atoms with Crippen LogP contribution in [0.15, 0.2) is 18.2 Å². The molecule has 0 spiro atoms. The third-order valence-corrected chi connectivity index (χ3v) is 3.85. The second-order valence-electron chi connectivity index (χ2n) is 5.22. The van der Waals surface area contributed by atoms with Crippen molar-refractivity contribution in [2.24, 2.45) is 0 Å². The standard InChI is InChI=1S/C15H21N3O3/c1-2-12-3-4-13(11-14(12)18(20)21)15(19)5-8-17-9-6-16-7-10-17/h3-4,11,16H,2,5-10H2,1H3. The molecule has 0 bridgehead atoms. The fourth-order valence-electron chi connectivity index (χ4n) is 2.54. The largest absolute Gasteiger partial charge is 0.314 e. The van der Waals surface area contributed by atoms with Gasteiger partial charge in [0, 0.05) is 56.3 Å². The first-order valence-corrected chi connectivity index (χ1v) is 7.35. The van der Waals surface area contributed by atoms with Crippen molar-refractivity contribution in [3.8, 4) is 0 Å². The molecule has 1 aliphatic heterocycles. The van der Waals surface area contributed by atoms with Crippen LogP contribution in [0.5, 0.6) is 0 Å². The van der Waals surface area contributed by atoms with Gasteiger partial charge < -0.3 is 10.2 Å². The van der Waals surface area contributed by atoms with Crippen molar-refractivity contribution in [2.75, 3.05) is 32.7 Å². The number of nitro groups is 1. The predicted octanol–water partition coefficient (Wildman–Crippen LogP) is 1.64. The number of hydrogen-bond donors (Lipinski definition) is 1. The number of nitro benzene ring substituents is 1. The Bertz CT molecular complexity index is 525. The van der Waals surface area contributed by atoms with Crippen LogP contribution in [0.3, 0.4) is 0 Å². The van der Waals surface area contributed by atoms with Crippen molar-refractivity contribution in [3.63, 3.8) is 0 Å². The van der Waals surface area contributed by atoms with E-state index in [1.54, 1.807) is 12.1 Å². The van der Waals surface area contributed by atoms with E-state index < -0.39 is 4.92 Å². The maximum absolute atomic E-state index is 12.2. The SMILES string of the molecule is CCc1ccc(C(=O)CCN2CCNCC2)cc1[N+](=O)[O-]. The number of nitrogens with one attached hydrogen (secondary N) is 1. The summed E-state index contributed by atoms with van der Waals surface area (Å²) in [6.45, 7) is 6.37. The Morgan fingerprint density at radius 3 is 2.71 bits per heavy atom. The molecule has 1 aliphatic rings. The normalized spacial score (nSPS) is 15.9. The summed E-state index contributed by atoms with van der Waals surface area (Å²) >= 11 is 0. The summed E-state index contributed by atoms with van der Waals surface area (Å²) in [5, 5.41) is 14.3. The molecule has 1 heterocycles. The number of carbonyl (C=O) groups is 1. The van der Waals surface area contributed by atoms with Crippen LogP contribution in [0.4, 0.5) is 5.69 Å². The van der Waals surface area contributed by atoms with Gasteiger partial charge in [0.25, 0.3) is 5.69 Å². The smallest absolute Gasteiger partial charge is 0.273 e. The molecule has 6 heteroatoms. The summed E-state index contributed by atoms with van der Waals surface area (Å²) in [4.78, 5) is 25.1. The molecule has 0 unspecified atom stereocenters. The Labute approximate surface area is 124 Å². The first kappa shape index (κ1) is 15.6. The van der Waals surface area contributed by atoms with Crippen molar-refractivity contribution in [1.82, 2.24) is 10.2 Å². The first-order chi connectivity index (χ1) is 10.1. The quantitative estimate of drug-likeness (QED) is 0.490. The minimum Gasteiger partial charge on any atom is -0.314 e. The van der Waals surface area contributed by atoms with Gasteiger partial charge in [0.2, 0.25) is 0 Å². The molecule has 1 aromatic rings. The topological polar surface area (TPSA) is 75.5 Å². The molecule has 0 aliphatic carbocycles. The lowest BCUT2D eigenvalue weighted by Crippen LogP contribution is -2.44. The number of nitrogens with zero attached hydrogens (tertiary/aromatic N) is 2. The van der Waals surface area contributed by atoms with Gasteiger partial charge in [0.05, 0.1) is 4.92 Å². The molecule has 0 atom stereocenters. The van der Waals surface area contributed by atoms with Gasteiger partial charge in [-0.05, 0) is 6.42 Å². The van der Waals surface area contributed by atoms with Gasteiger partial charge in [0.1, 0.15) is 0 Å². The van der Waals surface area contributed by atoms with Crippen molar-refractivity contribution in [3.05, 3.63) is 39.4 Å². The maximum Gasteiger partial charge on any atom is 0.273 e. The van der Waals surface area contributed by atoms with Crippen LogP contribution in [0.25, 0.3) is 0 Å². The third kappa shape index (κ3) is 4.09. The molecule has 1 saturated heterocycles. The average Bonchev–Trinajstić information content (AvgIpc) is 2.52. The Kier molecular flexibility index (Phi) is 5.41. The lowest BCUT2D eigenvalue weighted by molar-refractivity contribution is -0.385. The highest BCUT2D eigenvalue weighted by molar-refractivity contribution is 5.96. The molecule has 114 valence electrons. The molecule has 6 nitrogen and oxygen atoms in total. The Morgan fingerprint density at radius 1 is 1.38 bits per heavy atom. The van der Waals surface area contributed by atoms with Crippen LogP contribution in [-0.2, 0) is 6.42 Å². The molecule has 0 saturated carbocycles. The number of aryl methyl sites for hydroxylation is 1. The van der Waals surface area contributed by atoms with Crippen LogP contribution >= 0.6 is 0 Å². The maximum atomic E-state index is 12.2. The summed E-state index contributed by atoms with van der Waals surface area (Å²) < 4.78 is 0. The molecule has 21 heavy (non-hydrogen) atoms. The zero-order chi connectivity index (χ0) is 15.2. The molecule has 2 rings (SSSR count). The molecule has 0 aromatic heterocycles. The second-order valence-corrected chi connectivity index (χ2v) is 5.22. The van der Waals surface area contributed by atoms with Crippen LogP contribution < -0.4 is 5.32 Å².